The standard InChI is InChI=1S/C8H8FNO/c1-11-10-6-7-4-2-3-5-8(7)9/h2-6H,1H3/b10-6+. The van der Waals surface area contributed by atoms with Crippen LogP contribution in [0.3, 0.4) is 0 Å². The lowest BCUT2D eigenvalue weighted by Gasteiger charge is -1.92. The van der Waals surface area contributed by atoms with Gasteiger partial charge in [-0.1, -0.05) is 23.4 Å². The van der Waals surface area contributed by atoms with Gasteiger partial charge in [0.25, 0.3) is 0 Å². The van der Waals surface area contributed by atoms with Crippen molar-refractivity contribution in [2.45, 2.75) is 0 Å². The third-order valence-electron chi connectivity index (χ3n) is 1.20. The van der Waals surface area contributed by atoms with Crippen molar-refractivity contribution < 1.29 is 9.23 Å². The Morgan fingerprint density at radius 2 is 2.18 bits per heavy atom. The van der Waals surface area contributed by atoms with E-state index in [1.165, 1.54) is 19.4 Å². The molecule has 0 aliphatic carbocycles. The highest BCUT2D eigenvalue weighted by atomic mass is 19.1. The minimum Gasteiger partial charge on any atom is -0.399 e. The van der Waals surface area contributed by atoms with Crippen molar-refractivity contribution in [3.8, 4) is 0 Å². The van der Waals surface area contributed by atoms with Gasteiger partial charge >= 0.3 is 0 Å². The molecule has 0 N–H and O–H groups in total. The van der Waals surface area contributed by atoms with Gasteiger partial charge in [-0.3, -0.25) is 0 Å². The molecule has 11 heavy (non-hydrogen) atoms. The Morgan fingerprint density at radius 1 is 1.45 bits per heavy atom. The zero-order chi connectivity index (χ0) is 8.10. The molecule has 0 fully saturated rings. The van der Waals surface area contributed by atoms with Crippen molar-refractivity contribution in [1.82, 2.24) is 0 Å². The number of hydrogen-bond donors (Lipinski definition) is 0. The maximum Gasteiger partial charge on any atom is 0.132 e. The molecule has 0 saturated heterocycles. The summed E-state index contributed by atoms with van der Waals surface area (Å²) in [6.07, 6.45) is 1.33. The predicted octanol–water partition coefficient (Wildman–Crippen LogP) is 1.81. The molecule has 3 heteroatoms. The fourth-order valence-corrected chi connectivity index (χ4v) is 0.689. The highest BCUT2D eigenvalue weighted by Gasteiger charge is 1.94. The summed E-state index contributed by atoms with van der Waals surface area (Å²) in [5, 5.41) is 3.44. The predicted molar refractivity (Wildman–Crippen MR) is 41.0 cm³/mol. The molecule has 0 spiro atoms. The molecular formula is C8H8FNO. The highest BCUT2D eigenvalue weighted by molar-refractivity contribution is 5.79. The van der Waals surface area contributed by atoms with Gasteiger partial charge in [-0.05, 0) is 6.07 Å². The van der Waals surface area contributed by atoms with E-state index in [0.717, 1.165) is 0 Å². The van der Waals surface area contributed by atoms with Crippen LogP contribution >= 0.6 is 0 Å². The maximum atomic E-state index is 12.8. The molecule has 0 aliphatic heterocycles. The summed E-state index contributed by atoms with van der Waals surface area (Å²) in [5.41, 5.74) is 0.425. The van der Waals surface area contributed by atoms with Crippen LogP contribution in [0.4, 0.5) is 4.39 Å². The van der Waals surface area contributed by atoms with Crippen LogP contribution in [0, 0.1) is 5.82 Å². The van der Waals surface area contributed by atoms with E-state index < -0.39 is 0 Å². The van der Waals surface area contributed by atoms with Gasteiger partial charge in [-0.15, -0.1) is 0 Å². The minimum absolute atomic E-state index is 0.298. The van der Waals surface area contributed by atoms with Gasteiger partial charge in [0, 0.05) is 5.56 Å². The van der Waals surface area contributed by atoms with Crippen LogP contribution < -0.4 is 0 Å². The molecule has 0 aromatic heterocycles. The van der Waals surface area contributed by atoms with Gasteiger partial charge in [0.1, 0.15) is 12.9 Å². The van der Waals surface area contributed by atoms with E-state index in [1.54, 1.807) is 18.2 Å². The monoisotopic (exact) mass is 153 g/mol. The molecule has 0 radical (unpaired) electrons. The second-order valence-electron chi connectivity index (χ2n) is 1.94. The van der Waals surface area contributed by atoms with Crippen LogP contribution in [0.25, 0.3) is 0 Å². The summed E-state index contributed by atoms with van der Waals surface area (Å²) in [6, 6.07) is 6.36. The van der Waals surface area contributed by atoms with Crippen molar-refractivity contribution in [2.75, 3.05) is 7.11 Å². The highest BCUT2D eigenvalue weighted by Crippen LogP contribution is 2.02. The van der Waals surface area contributed by atoms with Crippen molar-refractivity contribution in [3.63, 3.8) is 0 Å². The van der Waals surface area contributed by atoms with Gasteiger partial charge in [0.15, 0.2) is 0 Å². The molecule has 0 bridgehead atoms. The molecule has 58 valence electrons. The lowest BCUT2D eigenvalue weighted by Crippen LogP contribution is -1.86. The third kappa shape index (κ3) is 2.04. The maximum absolute atomic E-state index is 12.8. The lowest BCUT2D eigenvalue weighted by molar-refractivity contribution is 0.215. The molecule has 0 saturated carbocycles. The summed E-state index contributed by atoms with van der Waals surface area (Å²) in [5.74, 6) is -0.298. The van der Waals surface area contributed by atoms with Gasteiger partial charge in [0.05, 0.1) is 6.21 Å². The van der Waals surface area contributed by atoms with Gasteiger partial charge in [-0.25, -0.2) is 4.39 Å². The zero-order valence-electron chi connectivity index (χ0n) is 6.12. The fourth-order valence-electron chi connectivity index (χ4n) is 0.689. The quantitative estimate of drug-likeness (QED) is 0.469. The zero-order valence-corrected chi connectivity index (χ0v) is 6.12. The Morgan fingerprint density at radius 3 is 2.82 bits per heavy atom. The van der Waals surface area contributed by atoms with Gasteiger partial charge in [0.2, 0.25) is 0 Å². The van der Waals surface area contributed by atoms with Crippen molar-refractivity contribution >= 4 is 6.21 Å². The first-order valence-electron chi connectivity index (χ1n) is 3.15. The Kier molecular flexibility index (Phi) is 2.60. The van der Waals surface area contributed by atoms with E-state index in [-0.39, 0.29) is 5.82 Å². The van der Waals surface area contributed by atoms with Crippen LogP contribution in [0.15, 0.2) is 29.4 Å². The number of oxime groups is 1. The minimum atomic E-state index is -0.298. The van der Waals surface area contributed by atoms with Gasteiger partial charge < -0.3 is 4.84 Å². The summed E-state index contributed by atoms with van der Waals surface area (Å²) >= 11 is 0. The number of benzene rings is 1. The Labute approximate surface area is 64.3 Å². The summed E-state index contributed by atoms with van der Waals surface area (Å²) < 4.78 is 12.8. The summed E-state index contributed by atoms with van der Waals surface area (Å²) in [7, 11) is 1.41. The van der Waals surface area contributed by atoms with Crippen LogP contribution in [-0.2, 0) is 4.84 Å². The third-order valence-corrected chi connectivity index (χ3v) is 1.20. The Balaban J connectivity index is 2.86. The molecule has 1 aromatic rings. The van der Waals surface area contributed by atoms with E-state index in [1.807, 2.05) is 0 Å². The topological polar surface area (TPSA) is 21.6 Å². The van der Waals surface area contributed by atoms with Crippen LogP contribution in [0.2, 0.25) is 0 Å². The molecule has 1 rings (SSSR count). The van der Waals surface area contributed by atoms with Crippen LogP contribution in [0.1, 0.15) is 5.56 Å². The smallest absolute Gasteiger partial charge is 0.132 e. The second kappa shape index (κ2) is 3.71. The first kappa shape index (κ1) is 7.72. The van der Waals surface area contributed by atoms with E-state index >= 15 is 0 Å². The average molecular weight is 153 g/mol. The fraction of sp³-hybridized carbons (Fsp3) is 0.125. The summed E-state index contributed by atoms with van der Waals surface area (Å²) in [6.45, 7) is 0. The molecule has 0 unspecified atom stereocenters. The van der Waals surface area contributed by atoms with Gasteiger partial charge in [-0.2, -0.15) is 0 Å². The number of halogens is 1. The van der Waals surface area contributed by atoms with E-state index in [2.05, 4.69) is 9.99 Å². The molecular weight excluding hydrogens is 145 g/mol. The van der Waals surface area contributed by atoms with Crippen molar-refractivity contribution in [3.05, 3.63) is 35.6 Å². The molecule has 2 nitrogen and oxygen atoms in total. The van der Waals surface area contributed by atoms with Crippen molar-refractivity contribution in [2.24, 2.45) is 5.16 Å². The van der Waals surface area contributed by atoms with E-state index in [4.69, 9.17) is 0 Å². The molecule has 0 heterocycles. The van der Waals surface area contributed by atoms with Crippen LogP contribution in [0.5, 0.6) is 0 Å². The first-order valence-corrected chi connectivity index (χ1v) is 3.15. The largest absolute Gasteiger partial charge is 0.399 e. The molecule has 1 aromatic carbocycles. The van der Waals surface area contributed by atoms with E-state index in [9.17, 15) is 4.39 Å². The number of hydrogen-bond acceptors (Lipinski definition) is 2. The van der Waals surface area contributed by atoms with Crippen LogP contribution in [-0.4, -0.2) is 13.3 Å². The molecule has 0 aliphatic rings. The van der Waals surface area contributed by atoms with Crippen molar-refractivity contribution in [1.29, 1.82) is 0 Å². The number of nitrogens with zero attached hydrogens (tertiary/aromatic N) is 1. The second-order valence-corrected chi connectivity index (χ2v) is 1.94. The normalized spacial score (nSPS) is 10.4. The lowest BCUT2D eigenvalue weighted by atomic mass is 10.2. The number of rotatable bonds is 2. The Hall–Kier alpha value is -1.38. The van der Waals surface area contributed by atoms with E-state index in [0.29, 0.717) is 5.56 Å². The molecule has 0 atom stereocenters. The molecule has 0 amide bonds. The SMILES string of the molecule is CO/N=C/c1ccccc1F. The first-order chi connectivity index (χ1) is 5.34. The average Bonchev–Trinajstić information content (AvgIpc) is 2.03. The Bertz CT molecular complexity index is 260. The summed E-state index contributed by atoms with van der Waals surface area (Å²) in [4.78, 5) is 4.40.